The first-order valence-corrected chi connectivity index (χ1v) is 10.9. The van der Waals surface area contributed by atoms with Crippen molar-refractivity contribution in [1.82, 2.24) is 4.57 Å². The predicted octanol–water partition coefficient (Wildman–Crippen LogP) is 3.87. The van der Waals surface area contributed by atoms with Crippen molar-refractivity contribution in [2.45, 2.75) is 20.4 Å². The molecule has 0 aromatic heterocycles. The number of nitrogens with zero attached hydrogens (tertiary/aromatic N) is 1. The van der Waals surface area contributed by atoms with Crippen molar-refractivity contribution in [3.05, 3.63) is 72.8 Å². The number of rotatable bonds is 5. The maximum atomic E-state index is 2.68. The number of hydrogen-bond donors (Lipinski definition) is 0. The van der Waals surface area contributed by atoms with E-state index in [0.717, 1.165) is 13.1 Å². The molecule has 2 heteroatoms. The molecule has 0 amide bonds. The maximum Gasteiger partial charge on any atom is 0.190 e. The van der Waals surface area contributed by atoms with Gasteiger partial charge < -0.3 is 4.57 Å². The monoisotopic (exact) mass is 319 g/mol. The van der Waals surface area contributed by atoms with Gasteiger partial charge in [-0.1, -0.05) is 86.6 Å². The summed E-state index contributed by atoms with van der Waals surface area (Å²) in [6.45, 7) is 9.22. The van der Waals surface area contributed by atoms with Crippen molar-refractivity contribution in [2.24, 2.45) is 0 Å². The third kappa shape index (κ3) is 2.73. The molecule has 3 aromatic carbocycles. The van der Waals surface area contributed by atoms with E-state index >= 15 is 0 Å². The zero-order valence-corrected chi connectivity index (χ0v) is 15.3. The molecular formula is C21H25NSi. The Morgan fingerprint density at radius 3 is 2.04 bits per heavy atom. The molecule has 0 radical (unpaired) electrons. The van der Waals surface area contributed by atoms with Crippen LogP contribution in [-0.2, 0) is 0 Å². The third-order valence-corrected chi connectivity index (χ3v) is 9.89. The van der Waals surface area contributed by atoms with Crippen LogP contribution in [0.15, 0.2) is 72.8 Å². The van der Waals surface area contributed by atoms with E-state index in [-0.39, 0.29) is 0 Å². The largest absolute Gasteiger partial charge is 0.317 e. The lowest BCUT2D eigenvalue weighted by molar-refractivity contribution is 0.478. The minimum atomic E-state index is -1.96. The van der Waals surface area contributed by atoms with Gasteiger partial charge in [0.25, 0.3) is 0 Å². The Morgan fingerprint density at radius 2 is 1.35 bits per heavy atom. The molecule has 0 heterocycles. The summed E-state index contributed by atoms with van der Waals surface area (Å²) in [5.41, 5.74) is 0. The van der Waals surface area contributed by atoms with E-state index < -0.39 is 8.24 Å². The van der Waals surface area contributed by atoms with Gasteiger partial charge in [0.2, 0.25) is 0 Å². The highest BCUT2D eigenvalue weighted by Gasteiger charge is 2.38. The highest BCUT2D eigenvalue weighted by Crippen LogP contribution is 2.18. The second kappa shape index (κ2) is 6.69. The van der Waals surface area contributed by atoms with Gasteiger partial charge in [0.1, 0.15) is 0 Å². The molecule has 0 unspecified atom stereocenters. The molecular weight excluding hydrogens is 294 g/mol. The van der Waals surface area contributed by atoms with E-state index in [1.54, 1.807) is 0 Å². The van der Waals surface area contributed by atoms with Crippen molar-refractivity contribution < 1.29 is 0 Å². The average Bonchev–Trinajstić information content (AvgIpc) is 2.62. The van der Waals surface area contributed by atoms with Crippen LogP contribution in [0.5, 0.6) is 0 Å². The van der Waals surface area contributed by atoms with E-state index in [1.165, 1.54) is 21.1 Å². The Labute approximate surface area is 140 Å². The Balaban J connectivity index is 2.31. The van der Waals surface area contributed by atoms with Crippen LogP contribution in [0.25, 0.3) is 10.8 Å². The van der Waals surface area contributed by atoms with E-state index in [1.807, 2.05) is 0 Å². The fourth-order valence-corrected chi connectivity index (χ4v) is 8.07. The van der Waals surface area contributed by atoms with E-state index in [0.29, 0.717) is 0 Å². The van der Waals surface area contributed by atoms with Crippen molar-refractivity contribution in [3.8, 4) is 0 Å². The van der Waals surface area contributed by atoms with Gasteiger partial charge in [-0.2, -0.15) is 0 Å². The van der Waals surface area contributed by atoms with Gasteiger partial charge >= 0.3 is 0 Å². The first kappa shape index (κ1) is 16.0. The summed E-state index contributed by atoms with van der Waals surface area (Å²) in [5, 5.41) is 5.75. The molecule has 3 rings (SSSR count). The zero-order valence-electron chi connectivity index (χ0n) is 14.3. The van der Waals surface area contributed by atoms with Crippen LogP contribution in [-0.4, -0.2) is 25.9 Å². The number of fused-ring (bicyclic) bond motifs is 1. The maximum absolute atomic E-state index is 2.68. The summed E-state index contributed by atoms with van der Waals surface area (Å²) in [6.07, 6.45) is 0. The van der Waals surface area contributed by atoms with Crippen molar-refractivity contribution in [3.63, 3.8) is 0 Å². The number of hydrogen-bond acceptors (Lipinski definition) is 1. The molecule has 0 N–H and O–H groups in total. The van der Waals surface area contributed by atoms with Crippen molar-refractivity contribution in [2.75, 3.05) is 13.1 Å². The molecule has 1 nitrogen and oxygen atoms in total. The molecule has 0 fully saturated rings. The Bertz CT molecular complexity index is 775. The minimum absolute atomic E-state index is 1.08. The molecule has 1 atom stereocenters. The second-order valence-corrected chi connectivity index (χ2v) is 10.0. The molecule has 118 valence electrons. The summed E-state index contributed by atoms with van der Waals surface area (Å²) in [4.78, 5) is 0. The number of benzene rings is 3. The lowest BCUT2D eigenvalue weighted by Gasteiger charge is -2.40. The van der Waals surface area contributed by atoms with Crippen molar-refractivity contribution in [1.29, 1.82) is 0 Å². The Morgan fingerprint density at radius 1 is 0.739 bits per heavy atom. The molecule has 23 heavy (non-hydrogen) atoms. The van der Waals surface area contributed by atoms with Gasteiger partial charge in [0, 0.05) is 0 Å². The van der Waals surface area contributed by atoms with Gasteiger partial charge in [0.05, 0.1) is 0 Å². The highest BCUT2D eigenvalue weighted by atomic mass is 28.3. The molecule has 0 saturated heterocycles. The molecule has 0 spiro atoms. The zero-order chi connectivity index (χ0) is 16.3. The first-order valence-electron chi connectivity index (χ1n) is 8.50. The van der Waals surface area contributed by atoms with Crippen LogP contribution in [0.4, 0.5) is 0 Å². The van der Waals surface area contributed by atoms with E-state index in [9.17, 15) is 0 Å². The molecule has 0 bridgehead atoms. The van der Waals surface area contributed by atoms with Crippen LogP contribution < -0.4 is 10.4 Å². The third-order valence-electron chi connectivity index (χ3n) is 5.05. The van der Waals surface area contributed by atoms with Gasteiger partial charge in [0.15, 0.2) is 8.24 Å². The minimum Gasteiger partial charge on any atom is -0.317 e. The second-order valence-electron chi connectivity index (χ2n) is 6.14. The predicted molar refractivity (Wildman–Crippen MR) is 104 cm³/mol. The molecule has 0 saturated carbocycles. The fourth-order valence-electron chi connectivity index (χ4n) is 3.78. The van der Waals surface area contributed by atoms with Gasteiger partial charge in [-0.05, 0) is 40.8 Å². The van der Waals surface area contributed by atoms with Crippen LogP contribution in [0.1, 0.15) is 13.8 Å². The fraction of sp³-hybridized carbons (Fsp3) is 0.238. The quantitative estimate of drug-likeness (QED) is 0.645. The molecule has 0 aliphatic heterocycles. The topological polar surface area (TPSA) is 3.24 Å². The van der Waals surface area contributed by atoms with Crippen LogP contribution in [0.2, 0.25) is 6.55 Å². The summed E-state index contributed by atoms with van der Waals surface area (Å²) in [6, 6.07) is 26.7. The highest BCUT2D eigenvalue weighted by molar-refractivity contribution is 7.00. The normalized spacial score (nSPS) is 14.1. The van der Waals surface area contributed by atoms with Gasteiger partial charge in [-0.15, -0.1) is 0 Å². The molecule has 0 aliphatic carbocycles. The lowest BCUT2D eigenvalue weighted by atomic mass is 10.1. The summed E-state index contributed by atoms with van der Waals surface area (Å²) >= 11 is 0. The van der Waals surface area contributed by atoms with E-state index in [4.69, 9.17) is 0 Å². The van der Waals surface area contributed by atoms with Crippen LogP contribution in [0.3, 0.4) is 0 Å². The molecule has 3 aromatic rings. The summed E-state index contributed by atoms with van der Waals surface area (Å²) in [5.74, 6) is 0. The summed E-state index contributed by atoms with van der Waals surface area (Å²) < 4.78 is 2.68. The van der Waals surface area contributed by atoms with Crippen LogP contribution in [0, 0.1) is 0 Å². The smallest absolute Gasteiger partial charge is 0.190 e. The Hall–Kier alpha value is -1.90. The Kier molecular flexibility index (Phi) is 4.65. The van der Waals surface area contributed by atoms with E-state index in [2.05, 4.69) is 97.8 Å². The average molecular weight is 320 g/mol. The SMILES string of the molecule is CCN(CC)[Si@](C)(c1ccccc1)c1cccc2ccccc12. The standard InChI is InChI=1S/C21H25NSi/c1-4-22(5-2)23(3,19-14-7-6-8-15-19)21-17-11-13-18-12-9-10-16-20(18)21/h6-17H,4-5H2,1-3H3/t23-/m1/s1. The van der Waals surface area contributed by atoms with Crippen molar-refractivity contribution >= 4 is 29.4 Å². The lowest BCUT2D eigenvalue weighted by Crippen LogP contribution is -2.68. The first-order chi connectivity index (χ1) is 11.2. The summed E-state index contributed by atoms with van der Waals surface area (Å²) in [7, 11) is -1.96. The molecule has 0 aliphatic rings. The van der Waals surface area contributed by atoms with Gasteiger partial charge in [-0.3, -0.25) is 0 Å². The van der Waals surface area contributed by atoms with Crippen LogP contribution >= 0.6 is 0 Å². The van der Waals surface area contributed by atoms with Gasteiger partial charge in [-0.25, -0.2) is 0 Å².